The smallest absolute Gasteiger partial charge is 0.410 e. The monoisotopic (exact) mass is 310 g/mol. The topological polar surface area (TPSA) is 41.6 Å². The van der Waals surface area contributed by atoms with Crippen molar-refractivity contribution in [2.45, 2.75) is 84.4 Å². The van der Waals surface area contributed by atoms with Crippen molar-refractivity contribution in [3.63, 3.8) is 0 Å². The minimum absolute atomic E-state index is 0.151. The Bertz CT molecular complexity index is 374. The molecule has 128 valence electrons. The molecule has 22 heavy (non-hydrogen) atoms. The molecule has 0 aromatic heterocycles. The maximum absolute atomic E-state index is 12.3. The molecule has 2 aliphatic carbocycles. The Labute approximate surface area is 136 Å². The van der Waals surface area contributed by atoms with Gasteiger partial charge in [-0.05, 0) is 51.9 Å². The average molecular weight is 310 g/mol. The van der Waals surface area contributed by atoms with Crippen LogP contribution in [0.3, 0.4) is 0 Å². The maximum atomic E-state index is 12.3. The molecule has 0 aromatic carbocycles. The Morgan fingerprint density at radius 3 is 2.45 bits per heavy atom. The van der Waals surface area contributed by atoms with Crippen LogP contribution in [-0.4, -0.2) is 41.8 Å². The van der Waals surface area contributed by atoms with Gasteiger partial charge in [0.05, 0.1) is 0 Å². The summed E-state index contributed by atoms with van der Waals surface area (Å²) in [4.78, 5) is 14.2. The summed E-state index contributed by atoms with van der Waals surface area (Å²) in [5.41, 5.74) is -0.412. The lowest BCUT2D eigenvalue weighted by Crippen LogP contribution is -2.46. The van der Waals surface area contributed by atoms with Crippen LogP contribution in [0.4, 0.5) is 4.79 Å². The maximum Gasteiger partial charge on any atom is 0.410 e. The summed E-state index contributed by atoms with van der Waals surface area (Å²) >= 11 is 0. The van der Waals surface area contributed by atoms with Crippen molar-refractivity contribution in [2.24, 2.45) is 11.8 Å². The van der Waals surface area contributed by atoms with Crippen LogP contribution in [0.5, 0.6) is 0 Å². The van der Waals surface area contributed by atoms with Crippen LogP contribution in [0.2, 0.25) is 0 Å². The van der Waals surface area contributed by atoms with Crippen molar-refractivity contribution in [3.05, 3.63) is 0 Å². The van der Waals surface area contributed by atoms with E-state index in [2.05, 4.69) is 19.2 Å². The zero-order valence-electron chi connectivity index (χ0n) is 15.0. The van der Waals surface area contributed by atoms with E-state index in [1.165, 1.54) is 19.3 Å². The van der Waals surface area contributed by atoms with Gasteiger partial charge in [0.15, 0.2) is 0 Å². The number of hydrogen-bond donors (Lipinski definition) is 1. The second-order valence-corrected chi connectivity index (χ2v) is 8.23. The van der Waals surface area contributed by atoms with E-state index in [-0.39, 0.29) is 6.09 Å². The second kappa shape index (κ2) is 7.20. The van der Waals surface area contributed by atoms with Gasteiger partial charge in [0.1, 0.15) is 5.60 Å². The van der Waals surface area contributed by atoms with E-state index in [0.717, 1.165) is 37.8 Å². The van der Waals surface area contributed by atoms with E-state index in [4.69, 9.17) is 4.74 Å². The Balaban J connectivity index is 1.78. The molecule has 1 amide bonds. The first-order valence-electron chi connectivity index (χ1n) is 9.01. The van der Waals surface area contributed by atoms with Crippen molar-refractivity contribution in [2.75, 3.05) is 13.1 Å². The third-order valence-electron chi connectivity index (χ3n) is 5.08. The highest BCUT2D eigenvalue weighted by atomic mass is 16.6. The number of rotatable bonds is 5. The number of ether oxygens (including phenoxy) is 1. The molecule has 0 spiro atoms. The van der Waals surface area contributed by atoms with Gasteiger partial charge in [-0.15, -0.1) is 0 Å². The molecule has 2 fully saturated rings. The fourth-order valence-corrected chi connectivity index (χ4v) is 3.37. The molecule has 3 unspecified atom stereocenters. The summed E-state index contributed by atoms with van der Waals surface area (Å²) in [5, 5.41) is 3.68. The van der Waals surface area contributed by atoms with E-state index in [1.54, 1.807) is 0 Å². The van der Waals surface area contributed by atoms with Crippen molar-refractivity contribution >= 4 is 6.09 Å². The number of carbonyl (C=O) groups excluding carboxylic acids is 1. The predicted octanol–water partition coefficient (Wildman–Crippen LogP) is 3.80. The molecule has 0 saturated heterocycles. The van der Waals surface area contributed by atoms with E-state index in [9.17, 15) is 4.79 Å². The number of hydrogen-bond acceptors (Lipinski definition) is 3. The van der Waals surface area contributed by atoms with Crippen LogP contribution in [-0.2, 0) is 4.74 Å². The van der Waals surface area contributed by atoms with Crippen LogP contribution in [0.1, 0.15) is 66.7 Å². The first-order valence-corrected chi connectivity index (χ1v) is 9.01. The van der Waals surface area contributed by atoms with Gasteiger partial charge in [-0.2, -0.15) is 0 Å². The van der Waals surface area contributed by atoms with Crippen LogP contribution in [0.15, 0.2) is 0 Å². The molecule has 0 aliphatic heterocycles. The van der Waals surface area contributed by atoms with E-state index in [0.29, 0.717) is 12.1 Å². The summed E-state index contributed by atoms with van der Waals surface area (Å²) in [6.45, 7) is 12.1. The van der Waals surface area contributed by atoms with Gasteiger partial charge in [0.2, 0.25) is 0 Å². The molecular formula is C18H34N2O2. The van der Waals surface area contributed by atoms with Crippen molar-refractivity contribution in [1.29, 1.82) is 0 Å². The summed E-state index contributed by atoms with van der Waals surface area (Å²) in [5.74, 6) is 1.53. The average Bonchev–Trinajstić information content (AvgIpc) is 3.21. The third-order valence-corrected chi connectivity index (χ3v) is 5.08. The van der Waals surface area contributed by atoms with Gasteiger partial charge in [-0.1, -0.05) is 26.7 Å². The SMILES string of the molecule is CC1CCCC(NCCN(C(=O)OC(C)(C)C)C2CC2)C1C. The summed E-state index contributed by atoms with van der Waals surface area (Å²) < 4.78 is 5.54. The van der Waals surface area contributed by atoms with Crippen molar-refractivity contribution in [1.82, 2.24) is 10.2 Å². The number of amides is 1. The second-order valence-electron chi connectivity index (χ2n) is 8.23. The molecule has 4 heteroatoms. The van der Waals surface area contributed by atoms with Gasteiger partial charge < -0.3 is 15.0 Å². The lowest BCUT2D eigenvalue weighted by atomic mass is 9.78. The van der Waals surface area contributed by atoms with Gasteiger partial charge in [0.25, 0.3) is 0 Å². The normalized spacial score (nSPS) is 29.2. The molecule has 0 heterocycles. The molecule has 0 radical (unpaired) electrons. The van der Waals surface area contributed by atoms with Crippen LogP contribution in [0.25, 0.3) is 0 Å². The Kier molecular flexibility index (Phi) is 5.76. The predicted molar refractivity (Wildman–Crippen MR) is 89.9 cm³/mol. The Hall–Kier alpha value is -0.770. The molecule has 2 saturated carbocycles. The van der Waals surface area contributed by atoms with E-state index >= 15 is 0 Å². The quantitative estimate of drug-likeness (QED) is 0.840. The van der Waals surface area contributed by atoms with Crippen molar-refractivity contribution < 1.29 is 9.53 Å². The lowest BCUT2D eigenvalue weighted by Gasteiger charge is -2.35. The van der Waals surface area contributed by atoms with Gasteiger partial charge in [0, 0.05) is 25.2 Å². The minimum atomic E-state index is -0.412. The first kappa shape index (κ1) is 17.6. The van der Waals surface area contributed by atoms with Gasteiger partial charge >= 0.3 is 6.09 Å². The van der Waals surface area contributed by atoms with Crippen molar-refractivity contribution in [3.8, 4) is 0 Å². The van der Waals surface area contributed by atoms with Crippen LogP contribution >= 0.6 is 0 Å². The summed E-state index contributed by atoms with van der Waals surface area (Å²) in [6.07, 6.45) is 6.03. The van der Waals surface area contributed by atoms with Gasteiger partial charge in [-0.3, -0.25) is 0 Å². The highest BCUT2D eigenvalue weighted by Crippen LogP contribution is 2.30. The zero-order valence-corrected chi connectivity index (χ0v) is 15.0. The van der Waals surface area contributed by atoms with Crippen LogP contribution in [0, 0.1) is 11.8 Å². The highest BCUT2D eigenvalue weighted by molar-refractivity contribution is 5.69. The fourth-order valence-electron chi connectivity index (χ4n) is 3.37. The fraction of sp³-hybridized carbons (Fsp3) is 0.944. The van der Waals surface area contributed by atoms with E-state index < -0.39 is 5.60 Å². The number of carbonyl (C=O) groups is 1. The largest absolute Gasteiger partial charge is 0.444 e. The summed E-state index contributed by atoms with van der Waals surface area (Å²) in [6, 6.07) is 1.00. The Morgan fingerprint density at radius 2 is 1.86 bits per heavy atom. The molecule has 2 rings (SSSR count). The van der Waals surface area contributed by atoms with Gasteiger partial charge in [-0.25, -0.2) is 4.79 Å². The molecule has 3 atom stereocenters. The summed E-state index contributed by atoms with van der Waals surface area (Å²) in [7, 11) is 0. The first-order chi connectivity index (χ1) is 10.3. The molecule has 0 bridgehead atoms. The molecule has 4 nitrogen and oxygen atoms in total. The molecule has 1 N–H and O–H groups in total. The standard InChI is InChI=1S/C18H34N2O2/c1-13-7-6-8-16(14(13)2)19-11-12-20(15-9-10-15)17(21)22-18(3,4)5/h13-16,19H,6-12H2,1-5H3. The van der Waals surface area contributed by atoms with E-state index in [1.807, 2.05) is 25.7 Å². The zero-order chi connectivity index (χ0) is 16.3. The number of nitrogens with one attached hydrogen (secondary N) is 1. The highest BCUT2D eigenvalue weighted by Gasteiger charge is 2.35. The minimum Gasteiger partial charge on any atom is -0.444 e. The number of nitrogens with zero attached hydrogens (tertiary/aromatic N) is 1. The lowest BCUT2D eigenvalue weighted by molar-refractivity contribution is 0.0232. The molecular weight excluding hydrogens is 276 g/mol. The van der Waals surface area contributed by atoms with Crippen LogP contribution < -0.4 is 5.32 Å². The molecule has 2 aliphatic rings. The molecule has 0 aromatic rings. The third kappa shape index (κ3) is 5.15. The Morgan fingerprint density at radius 1 is 1.18 bits per heavy atom.